The lowest BCUT2D eigenvalue weighted by atomic mass is 10.2. The molecule has 0 aliphatic heterocycles. The minimum atomic E-state index is 0.506. The van der Waals surface area contributed by atoms with Crippen molar-refractivity contribution in [3.05, 3.63) is 42.5 Å². The number of hydrogen-bond donors (Lipinski definition) is 2. The number of benzene rings is 1. The molecule has 96 valence electrons. The number of nitrogens with zero attached hydrogens (tertiary/aromatic N) is 1. The second-order valence-electron chi connectivity index (χ2n) is 3.40. The van der Waals surface area contributed by atoms with Crippen LogP contribution in [-0.2, 0) is 0 Å². The second kappa shape index (κ2) is 8.25. The molecule has 0 heterocycles. The summed E-state index contributed by atoms with van der Waals surface area (Å²) in [5.41, 5.74) is 3.69. The van der Waals surface area contributed by atoms with Crippen LogP contribution in [0.25, 0.3) is 0 Å². The average Bonchev–Trinajstić information content (AvgIpc) is 2.38. The molecule has 0 saturated heterocycles. The molecule has 0 aliphatic carbocycles. The fourth-order valence-electron chi connectivity index (χ4n) is 1.17. The summed E-state index contributed by atoms with van der Waals surface area (Å²) in [4.78, 5) is 0. The largest absolute Gasteiger partial charge is 0.490 e. The Labute approximate surface area is 113 Å². The van der Waals surface area contributed by atoms with Crippen molar-refractivity contribution >= 4 is 23.5 Å². The van der Waals surface area contributed by atoms with Gasteiger partial charge in [-0.05, 0) is 49.0 Å². The Hall–Kier alpha value is -1.88. The van der Waals surface area contributed by atoms with E-state index in [0.717, 1.165) is 17.9 Å². The summed E-state index contributed by atoms with van der Waals surface area (Å²) in [5.74, 6) is 0.808. The van der Waals surface area contributed by atoms with Crippen molar-refractivity contribution in [2.45, 2.75) is 6.92 Å². The van der Waals surface area contributed by atoms with E-state index in [2.05, 4.69) is 22.4 Å². The van der Waals surface area contributed by atoms with Gasteiger partial charge in [-0.25, -0.2) is 0 Å². The van der Waals surface area contributed by atoms with Gasteiger partial charge in [0, 0.05) is 6.54 Å². The molecule has 1 aromatic carbocycles. The molecule has 4 nitrogen and oxygen atoms in total. The van der Waals surface area contributed by atoms with Crippen molar-refractivity contribution < 1.29 is 4.74 Å². The highest BCUT2D eigenvalue weighted by Crippen LogP contribution is 2.10. The van der Waals surface area contributed by atoms with Crippen LogP contribution in [0.3, 0.4) is 0 Å². The molecule has 18 heavy (non-hydrogen) atoms. The quantitative estimate of drug-likeness (QED) is 0.357. The van der Waals surface area contributed by atoms with E-state index in [9.17, 15) is 0 Å². The van der Waals surface area contributed by atoms with Gasteiger partial charge in [-0.3, -0.25) is 5.43 Å². The minimum absolute atomic E-state index is 0.506. The van der Waals surface area contributed by atoms with Crippen LogP contribution in [0.2, 0.25) is 0 Å². The number of rotatable bonds is 6. The van der Waals surface area contributed by atoms with Crippen LogP contribution in [0.5, 0.6) is 5.75 Å². The highest BCUT2D eigenvalue weighted by molar-refractivity contribution is 7.80. The summed E-state index contributed by atoms with van der Waals surface area (Å²) in [5, 5.41) is 7.47. The summed E-state index contributed by atoms with van der Waals surface area (Å²) >= 11 is 4.97. The summed E-state index contributed by atoms with van der Waals surface area (Å²) in [6.45, 7) is 6.85. The maximum Gasteiger partial charge on any atom is 0.186 e. The van der Waals surface area contributed by atoms with Gasteiger partial charge in [0.15, 0.2) is 5.11 Å². The third-order valence-corrected chi connectivity index (χ3v) is 2.20. The van der Waals surface area contributed by atoms with Crippen molar-refractivity contribution in [1.82, 2.24) is 10.7 Å². The van der Waals surface area contributed by atoms with Gasteiger partial charge in [0.1, 0.15) is 12.4 Å². The molecule has 0 saturated carbocycles. The molecule has 1 aromatic rings. The number of hydrazone groups is 1. The number of ether oxygens (including phenoxy) is 1. The average molecular weight is 263 g/mol. The van der Waals surface area contributed by atoms with Crippen LogP contribution in [0.15, 0.2) is 42.0 Å². The van der Waals surface area contributed by atoms with E-state index in [1.165, 1.54) is 0 Å². The monoisotopic (exact) mass is 263 g/mol. The highest BCUT2D eigenvalue weighted by Gasteiger charge is 1.92. The van der Waals surface area contributed by atoms with E-state index in [1.807, 2.05) is 31.2 Å². The van der Waals surface area contributed by atoms with E-state index < -0.39 is 0 Å². The second-order valence-corrected chi connectivity index (χ2v) is 3.81. The van der Waals surface area contributed by atoms with Crippen molar-refractivity contribution in [1.29, 1.82) is 0 Å². The lowest BCUT2D eigenvalue weighted by Crippen LogP contribution is -2.31. The van der Waals surface area contributed by atoms with Crippen LogP contribution in [0.1, 0.15) is 12.5 Å². The van der Waals surface area contributed by atoms with Gasteiger partial charge in [0.05, 0.1) is 6.21 Å². The molecule has 0 aromatic heterocycles. The topological polar surface area (TPSA) is 45.6 Å². The third kappa shape index (κ3) is 5.45. The van der Waals surface area contributed by atoms with Crippen LogP contribution >= 0.6 is 12.2 Å². The van der Waals surface area contributed by atoms with Gasteiger partial charge in [-0.15, -0.1) is 0 Å². The lowest BCUT2D eigenvalue weighted by molar-refractivity contribution is 0.363. The van der Waals surface area contributed by atoms with Gasteiger partial charge in [-0.1, -0.05) is 12.7 Å². The first-order valence-electron chi connectivity index (χ1n) is 5.67. The maximum absolute atomic E-state index is 5.38. The molecule has 0 amide bonds. The first-order valence-corrected chi connectivity index (χ1v) is 6.07. The molecule has 2 N–H and O–H groups in total. The first-order chi connectivity index (χ1) is 8.76. The molecule has 0 fully saturated rings. The van der Waals surface area contributed by atoms with Gasteiger partial charge in [0.25, 0.3) is 0 Å². The Morgan fingerprint density at radius 1 is 1.44 bits per heavy atom. The Morgan fingerprint density at radius 2 is 2.17 bits per heavy atom. The molecule has 0 radical (unpaired) electrons. The maximum atomic E-state index is 5.38. The molecule has 0 aliphatic rings. The van der Waals surface area contributed by atoms with Crippen LogP contribution in [0.4, 0.5) is 0 Å². The molecule has 1 rings (SSSR count). The zero-order chi connectivity index (χ0) is 13.2. The number of thiocarbonyl (C=S) groups is 1. The Morgan fingerprint density at radius 3 is 2.78 bits per heavy atom. The zero-order valence-corrected chi connectivity index (χ0v) is 11.2. The Bertz CT molecular complexity index is 415. The summed E-state index contributed by atoms with van der Waals surface area (Å²) in [6.07, 6.45) is 3.40. The summed E-state index contributed by atoms with van der Waals surface area (Å²) in [7, 11) is 0. The van der Waals surface area contributed by atoms with Crippen molar-refractivity contribution in [3.8, 4) is 5.75 Å². The predicted octanol–water partition coefficient (Wildman–Crippen LogP) is 2.07. The standard InChI is InChI=1S/C13H17N3OS/c1-3-9-17-12-7-5-11(6-8-12)10-15-16-13(18)14-4-2/h3,5-8,10H,1,4,9H2,2H3,(H2,14,16,18)/b15-10-. The molecule has 0 bridgehead atoms. The molecular formula is C13H17N3OS. The smallest absolute Gasteiger partial charge is 0.186 e. The van der Waals surface area contributed by atoms with Crippen LogP contribution in [-0.4, -0.2) is 24.5 Å². The van der Waals surface area contributed by atoms with Crippen LogP contribution in [0, 0.1) is 0 Å². The van der Waals surface area contributed by atoms with E-state index in [-0.39, 0.29) is 0 Å². The third-order valence-electron chi connectivity index (χ3n) is 1.97. The zero-order valence-electron chi connectivity index (χ0n) is 10.3. The fraction of sp³-hybridized carbons (Fsp3) is 0.231. The van der Waals surface area contributed by atoms with E-state index in [1.54, 1.807) is 12.3 Å². The Balaban J connectivity index is 2.45. The molecule has 0 unspecified atom stereocenters. The fourth-order valence-corrected chi connectivity index (χ4v) is 1.37. The summed E-state index contributed by atoms with van der Waals surface area (Å²) in [6, 6.07) is 7.60. The van der Waals surface area contributed by atoms with Crippen LogP contribution < -0.4 is 15.5 Å². The highest BCUT2D eigenvalue weighted by atomic mass is 32.1. The van der Waals surface area contributed by atoms with Gasteiger partial charge in [0.2, 0.25) is 0 Å². The normalized spacial score (nSPS) is 10.1. The molecule has 5 heteroatoms. The van der Waals surface area contributed by atoms with E-state index >= 15 is 0 Å². The van der Waals surface area contributed by atoms with Gasteiger partial charge in [-0.2, -0.15) is 5.10 Å². The molecule has 0 spiro atoms. The Kier molecular flexibility index (Phi) is 6.50. The molecular weight excluding hydrogens is 246 g/mol. The van der Waals surface area contributed by atoms with Crippen molar-refractivity contribution in [3.63, 3.8) is 0 Å². The minimum Gasteiger partial charge on any atom is -0.490 e. The van der Waals surface area contributed by atoms with Gasteiger partial charge < -0.3 is 10.1 Å². The SMILES string of the molecule is C=CCOc1ccc(/C=N\NC(=S)NCC)cc1. The first kappa shape index (κ1) is 14.2. The molecule has 0 atom stereocenters. The predicted molar refractivity (Wildman–Crippen MR) is 79.1 cm³/mol. The van der Waals surface area contributed by atoms with Crippen molar-refractivity contribution in [2.24, 2.45) is 5.10 Å². The van der Waals surface area contributed by atoms with Gasteiger partial charge >= 0.3 is 0 Å². The number of nitrogens with one attached hydrogen (secondary N) is 2. The van der Waals surface area contributed by atoms with E-state index in [0.29, 0.717) is 11.7 Å². The van der Waals surface area contributed by atoms with E-state index in [4.69, 9.17) is 17.0 Å². The number of hydrogen-bond acceptors (Lipinski definition) is 3. The lowest BCUT2D eigenvalue weighted by Gasteiger charge is -2.04. The summed E-state index contributed by atoms with van der Waals surface area (Å²) < 4.78 is 5.38. The van der Waals surface area contributed by atoms with Crippen molar-refractivity contribution in [2.75, 3.05) is 13.2 Å².